The molecule has 0 aliphatic carbocycles. The van der Waals surface area contributed by atoms with Crippen molar-refractivity contribution in [2.24, 2.45) is 0 Å². The molecule has 1 atom stereocenters. The van der Waals surface area contributed by atoms with Crippen molar-refractivity contribution in [1.29, 1.82) is 0 Å². The van der Waals surface area contributed by atoms with Gasteiger partial charge in [0.1, 0.15) is 24.3 Å². The van der Waals surface area contributed by atoms with Crippen LogP contribution < -0.4 is 19.7 Å². The van der Waals surface area contributed by atoms with E-state index in [2.05, 4.69) is 23.2 Å². The van der Waals surface area contributed by atoms with Crippen LogP contribution in [0.1, 0.15) is 16.7 Å². The number of anilines is 1. The molecule has 2 aromatic rings. The molecule has 4 rings (SSSR count). The first-order chi connectivity index (χ1) is 14.6. The molecule has 0 saturated carbocycles. The van der Waals surface area contributed by atoms with Gasteiger partial charge in [-0.1, -0.05) is 0 Å². The number of hydrogen-bond acceptors (Lipinski definition) is 5. The summed E-state index contributed by atoms with van der Waals surface area (Å²) < 4.78 is 44.5. The minimum atomic E-state index is -0.715. The van der Waals surface area contributed by atoms with Gasteiger partial charge in [0.25, 0.3) is 0 Å². The minimum absolute atomic E-state index is 0.0247. The summed E-state index contributed by atoms with van der Waals surface area (Å²) in [6.45, 7) is 6.18. The Kier molecular flexibility index (Phi) is 6.39. The lowest BCUT2D eigenvalue weighted by Gasteiger charge is -2.36. The number of nitrogens with one attached hydrogen (secondary N) is 1. The van der Waals surface area contributed by atoms with E-state index < -0.39 is 17.7 Å². The Morgan fingerprint density at radius 1 is 1.20 bits per heavy atom. The fourth-order valence-corrected chi connectivity index (χ4v) is 4.38. The third-order valence-corrected chi connectivity index (χ3v) is 5.76. The molecule has 5 nitrogen and oxygen atoms in total. The van der Waals surface area contributed by atoms with Crippen LogP contribution in [0.2, 0.25) is 0 Å². The van der Waals surface area contributed by atoms with Gasteiger partial charge in [-0.2, -0.15) is 0 Å². The molecule has 30 heavy (non-hydrogen) atoms. The summed E-state index contributed by atoms with van der Waals surface area (Å²) in [7, 11) is 1.59. The van der Waals surface area contributed by atoms with Crippen LogP contribution in [0.5, 0.6) is 11.5 Å². The zero-order valence-electron chi connectivity index (χ0n) is 17.5. The van der Waals surface area contributed by atoms with Gasteiger partial charge in [-0.05, 0) is 67.7 Å². The summed E-state index contributed by atoms with van der Waals surface area (Å²) in [6.07, 6.45) is 1.56. The van der Waals surface area contributed by atoms with Crippen molar-refractivity contribution in [2.45, 2.75) is 25.9 Å². The van der Waals surface area contributed by atoms with E-state index in [0.717, 1.165) is 43.4 Å². The maximum absolute atomic E-state index is 14.1. The summed E-state index contributed by atoms with van der Waals surface area (Å²) in [5.74, 6) is -0.427. The second-order valence-corrected chi connectivity index (χ2v) is 7.80. The maximum Gasteiger partial charge on any atom is 0.167 e. The lowest BCUT2D eigenvalue weighted by molar-refractivity contribution is 0.0808. The van der Waals surface area contributed by atoms with Gasteiger partial charge in [-0.15, -0.1) is 0 Å². The average molecular weight is 418 g/mol. The zero-order chi connectivity index (χ0) is 21.1. The van der Waals surface area contributed by atoms with Crippen molar-refractivity contribution < 1.29 is 23.0 Å². The largest absolute Gasteiger partial charge is 0.490 e. The van der Waals surface area contributed by atoms with E-state index in [1.807, 2.05) is 0 Å². The number of halogens is 2. The summed E-state index contributed by atoms with van der Waals surface area (Å²) in [5.41, 5.74) is 5.03. The molecule has 2 aliphatic heterocycles. The highest BCUT2D eigenvalue weighted by Crippen LogP contribution is 2.39. The standard InChI is InChI=1S/C23H28F2N2O3/c1-15-19-6-8-26-7-5-16(19)11-22-23(15)27(9-10-29-22)13-18(14-28-2)30-21-4-3-17(24)12-20(21)25/h3-4,11-12,18,26H,5-10,13-14H2,1-2H3. The fourth-order valence-electron chi connectivity index (χ4n) is 4.38. The van der Waals surface area contributed by atoms with E-state index in [-0.39, 0.29) is 12.4 Å². The van der Waals surface area contributed by atoms with Gasteiger partial charge < -0.3 is 24.4 Å². The maximum atomic E-state index is 14.1. The van der Waals surface area contributed by atoms with Crippen molar-refractivity contribution in [3.8, 4) is 11.5 Å². The molecule has 1 unspecified atom stereocenters. The summed E-state index contributed by atoms with van der Waals surface area (Å²) in [4.78, 5) is 2.23. The van der Waals surface area contributed by atoms with Crippen LogP contribution in [0.25, 0.3) is 0 Å². The summed E-state index contributed by atoms with van der Waals surface area (Å²) in [6, 6.07) is 5.51. The quantitative estimate of drug-likeness (QED) is 0.780. The van der Waals surface area contributed by atoms with Gasteiger partial charge in [-0.25, -0.2) is 8.78 Å². The second-order valence-electron chi connectivity index (χ2n) is 7.80. The highest BCUT2D eigenvalue weighted by molar-refractivity contribution is 5.69. The van der Waals surface area contributed by atoms with Crippen LogP contribution in [-0.4, -0.2) is 52.6 Å². The van der Waals surface area contributed by atoms with Crippen molar-refractivity contribution in [3.05, 3.63) is 52.6 Å². The second kappa shape index (κ2) is 9.18. The molecule has 0 spiro atoms. The Labute approximate surface area is 175 Å². The molecule has 162 valence electrons. The fraction of sp³-hybridized carbons (Fsp3) is 0.478. The molecule has 0 fully saturated rings. The van der Waals surface area contributed by atoms with Crippen LogP contribution in [0.15, 0.2) is 24.3 Å². The summed E-state index contributed by atoms with van der Waals surface area (Å²) in [5, 5.41) is 3.46. The van der Waals surface area contributed by atoms with Gasteiger partial charge in [0.05, 0.1) is 25.4 Å². The number of nitrogens with zero attached hydrogens (tertiary/aromatic N) is 1. The first-order valence-corrected chi connectivity index (χ1v) is 10.4. The lowest BCUT2D eigenvalue weighted by Crippen LogP contribution is -2.43. The predicted octanol–water partition coefficient (Wildman–Crippen LogP) is 3.25. The minimum Gasteiger partial charge on any atom is -0.490 e. The van der Waals surface area contributed by atoms with E-state index in [4.69, 9.17) is 14.2 Å². The van der Waals surface area contributed by atoms with Gasteiger partial charge in [0, 0.05) is 13.2 Å². The molecule has 7 heteroatoms. The van der Waals surface area contributed by atoms with Crippen LogP contribution >= 0.6 is 0 Å². The first-order valence-electron chi connectivity index (χ1n) is 10.4. The number of fused-ring (bicyclic) bond motifs is 2. The zero-order valence-corrected chi connectivity index (χ0v) is 17.5. The number of benzene rings is 2. The van der Waals surface area contributed by atoms with Gasteiger partial charge >= 0.3 is 0 Å². The molecule has 0 aromatic heterocycles. The molecule has 2 aliphatic rings. The molecule has 1 N–H and O–H groups in total. The number of ether oxygens (including phenoxy) is 3. The molecule has 0 radical (unpaired) electrons. The number of hydrogen-bond donors (Lipinski definition) is 1. The van der Waals surface area contributed by atoms with E-state index in [0.29, 0.717) is 19.7 Å². The predicted molar refractivity (Wildman–Crippen MR) is 112 cm³/mol. The smallest absolute Gasteiger partial charge is 0.167 e. The topological polar surface area (TPSA) is 43.0 Å². The van der Waals surface area contributed by atoms with E-state index in [1.165, 1.54) is 28.8 Å². The van der Waals surface area contributed by atoms with Crippen LogP contribution in [0.3, 0.4) is 0 Å². The van der Waals surface area contributed by atoms with Crippen molar-refractivity contribution in [2.75, 3.05) is 51.4 Å². The normalized spacial score (nSPS) is 16.9. The molecule has 0 amide bonds. The van der Waals surface area contributed by atoms with Crippen molar-refractivity contribution in [3.63, 3.8) is 0 Å². The third-order valence-electron chi connectivity index (χ3n) is 5.76. The third kappa shape index (κ3) is 4.37. The number of rotatable bonds is 6. The van der Waals surface area contributed by atoms with E-state index >= 15 is 0 Å². The van der Waals surface area contributed by atoms with Crippen LogP contribution in [0.4, 0.5) is 14.5 Å². The molecule has 2 heterocycles. The van der Waals surface area contributed by atoms with Crippen molar-refractivity contribution in [1.82, 2.24) is 5.32 Å². The molecule has 2 aromatic carbocycles. The SMILES string of the molecule is COCC(CN1CCOc2cc3c(c(C)c21)CCNCC3)Oc1ccc(F)cc1F. The highest BCUT2D eigenvalue weighted by Gasteiger charge is 2.27. The average Bonchev–Trinajstić information content (AvgIpc) is 2.96. The monoisotopic (exact) mass is 418 g/mol. The Morgan fingerprint density at radius 2 is 2.03 bits per heavy atom. The Balaban J connectivity index is 1.60. The molecule has 0 saturated heterocycles. The van der Waals surface area contributed by atoms with Crippen LogP contribution in [0, 0.1) is 18.6 Å². The van der Waals surface area contributed by atoms with Gasteiger partial charge in [-0.3, -0.25) is 0 Å². The van der Waals surface area contributed by atoms with Crippen LogP contribution in [-0.2, 0) is 17.6 Å². The molecular weight excluding hydrogens is 390 g/mol. The van der Waals surface area contributed by atoms with Crippen molar-refractivity contribution >= 4 is 5.69 Å². The first kappa shape index (κ1) is 20.9. The molecular formula is C23H28F2N2O3. The van der Waals surface area contributed by atoms with Gasteiger partial charge in [0.15, 0.2) is 11.6 Å². The van der Waals surface area contributed by atoms with E-state index in [1.54, 1.807) is 7.11 Å². The van der Waals surface area contributed by atoms with E-state index in [9.17, 15) is 8.78 Å². The highest BCUT2D eigenvalue weighted by atomic mass is 19.1. The lowest BCUT2D eigenvalue weighted by atomic mass is 9.94. The summed E-state index contributed by atoms with van der Waals surface area (Å²) >= 11 is 0. The Hall–Kier alpha value is -2.38. The molecule has 0 bridgehead atoms. The Morgan fingerprint density at radius 3 is 2.83 bits per heavy atom. The van der Waals surface area contributed by atoms with Gasteiger partial charge in [0.2, 0.25) is 0 Å². The number of methoxy groups -OCH3 is 1. The Bertz CT molecular complexity index is 907.